The molecule has 0 bridgehead atoms. The fraction of sp³-hybridized carbons (Fsp3) is 0.0263. The van der Waals surface area contributed by atoms with Gasteiger partial charge in [0.2, 0.25) is 0 Å². The van der Waals surface area contributed by atoms with Gasteiger partial charge in [0.05, 0.1) is 5.41 Å². The second kappa shape index (κ2) is 7.97. The first-order valence-electron chi connectivity index (χ1n) is 13.8. The van der Waals surface area contributed by atoms with Gasteiger partial charge in [0.15, 0.2) is 0 Å². The minimum atomic E-state index is -2.62. The largest absolute Gasteiger partial charge is 0.258 e. The van der Waals surface area contributed by atoms with Gasteiger partial charge in [-0.25, -0.2) is 0 Å². The Morgan fingerprint density at radius 1 is 0.488 bits per heavy atom. The molecule has 1 heterocycles. The molecular weight excluding hydrogens is 584 g/mol. The third-order valence-corrected chi connectivity index (χ3v) is 11.9. The normalized spacial score (nSPS) is 20.2. The van der Waals surface area contributed by atoms with Crippen LogP contribution in [0.5, 0.6) is 0 Å². The minimum absolute atomic E-state index is 0.574. The van der Waals surface area contributed by atoms with E-state index in [-0.39, 0.29) is 0 Å². The number of benzene rings is 6. The molecule has 0 N–H and O–H groups in total. The molecule has 1 spiro atoms. The van der Waals surface area contributed by atoms with E-state index in [1.54, 1.807) is 0 Å². The zero-order valence-corrected chi connectivity index (χ0v) is 24.4. The van der Waals surface area contributed by atoms with Gasteiger partial charge >= 0.3 is 0 Å². The van der Waals surface area contributed by atoms with E-state index in [4.69, 9.17) is 0 Å². The predicted octanol–water partition coefficient (Wildman–Crippen LogP) is 9.57. The molecule has 0 amide bonds. The van der Waals surface area contributed by atoms with Crippen molar-refractivity contribution in [3.8, 4) is 44.5 Å². The molecule has 194 valence electrons. The van der Waals surface area contributed by atoms with Crippen LogP contribution in [0.1, 0.15) is 22.3 Å². The number of halogens is 1. The van der Waals surface area contributed by atoms with Crippen molar-refractivity contribution >= 4 is 31.3 Å². The Hall–Kier alpha value is -4.18. The Kier molecular flexibility index (Phi) is 4.57. The summed E-state index contributed by atoms with van der Waals surface area (Å²) in [5.41, 5.74) is 13.8. The van der Waals surface area contributed by atoms with Crippen molar-refractivity contribution in [3.63, 3.8) is 0 Å². The third kappa shape index (κ3) is 2.76. The van der Waals surface area contributed by atoms with Gasteiger partial charge in [0, 0.05) is 29.3 Å². The van der Waals surface area contributed by atoms with Crippen LogP contribution in [-0.2, 0) is 14.9 Å². The maximum Gasteiger partial charge on any atom is 0.0726 e. The smallest absolute Gasteiger partial charge is 0.0726 e. The maximum absolute atomic E-state index is 14.2. The summed E-state index contributed by atoms with van der Waals surface area (Å²) in [6, 6.07) is 45.6. The number of hydrogen-bond donors (Lipinski definition) is 0. The molecule has 41 heavy (non-hydrogen) atoms. The average molecular weight is 608 g/mol. The lowest BCUT2D eigenvalue weighted by Gasteiger charge is -2.35. The van der Waals surface area contributed by atoms with E-state index in [1.165, 1.54) is 55.6 Å². The van der Waals surface area contributed by atoms with Crippen molar-refractivity contribution < 1.29 is 4.21 Å². The average Bonchev–Trinajstić information content (AvgIpc) is 3.39. The van der Waals surface area contributed by atoms with E-state index in [9.17, 15) is 4.21 Å². The highest BCUT2D eigenvalue weighted by Crippen LogP contribution is 2.64. The molecule has 0 saturated carbocycles. The van der Waals surface area contributed by atoms with Crippen LogP contribution in [0.25, 0.3) is 44.5 Å². The summed E-state index contributed by atoms with van der Waals surface area (Å²) in [6.45, 7) is 0. The second-order valence-electron chi connectivity index (χ2n) is 11.1. The quantitative estimate of drug-likeness (QED) is 0.157. The SMILES string of the molecule is C=S1(=O)c2ccccc2-c2c1ccc1c2-c2ccccc2C12c1ccccc1-c1ccccc1-c1ccc(Br)cc12. The first-order valence-corrected chi connectivity index (χ1v) is 16.3. The zero-order valence-electron chi connectivity index (χ0n) is 22.0. The van der Waals surface area contributed by atoms with Gasteiger partial charge in [-0.15, -0.1) is 0 Å². The monoisotopic (exact) mass is 606 g/mol. The Bertz CT molecular complexity index is 2240. The Balaban J connectivity index is 1.55. The molecule has 6 aromatic carbocycles. The number of rotatable bonds is 0. The van der Waals surface area contributed by atoms with Crippen LogP contribution in [0.15, 0.2) is 142 Å². The number of hydrogen-bond acceptors (Lipinski definition) is 1. The van der Waals surface area contributed by atoms with Gasteiger partial charge in [-0.2, -0.15) is 0 Å². The summed E-state index contributed by atoms with van der Waals surface area (Å²) >= 11 is 3.85. The first kappa shape index (κ1) is 23.5. The van der Waals surface area contributed by atoms with Crippen LogP contribution in [0.4, 0.5) is 0 Å². The minimum Gasteiger partial charge on any atom is -0.258 e. The Morgan fingerprint density at radius 2 is 1.05 bits per heavy atom. The molecule has 0 saturated heterocycles. The molecule has 3 aliphatic rings. The van der Waals surface area contributed by atoms with Crippen molar-refractivity contribution in [2.24, 2.45) is 0 Å². The summed E-state index contributed by atoms with van der Waals surface area (Å²) in [6.07, 6.45) is 0. The fourth-order valence-corrected chi connectivity index (χ4v) is 10.0. The highest BCUT2D eigenvalue weighted by Gasteiger charge is 2.51. The summed E-state index contributed by atoms with van der Waals surface area (Å²) < 4.78 is 15.3. The highest BCUT2D eigenvalue weighted by atomic mass is 79.9. The standard InChI is InChI=1S/C38H23BrOS/c1-41(40)34-17-9-6-14-29(34)37-35(41)21-20-32-36(37)28-13-5-8-16-31(28)38(32)30-15-7-4-12-26(30)24-10-2-3-11-25(24)27-19-18-23(39)22-33(27)38/h2-22H,1H2. The highest BCUT2D eigenvalue weighted by molar-refractivity contribution is 9.10. The van der Waals surface area contributed by atoms with Crippen LogP contribution in [0.2, 0.25) is 0 Å². The fourth-order valence-electron chi connectivity index (χ4n) is 7.76. The van der Waals surface area contributed by atoms with Crippen LogP contribution >= 0.6 is 15.9 Å². The van der Waals surface area contributed by atoms with E-state index in [0.29, 0.717) is 0 Å². The molecular formula is C38H23BrOS. The van der Waals surface area contributed by atoms with Gasteiger partial charge in [0.1, 0.15) is 0 Å². The van der Waals surface area contributed by atoms with Crippen molar-refractivity contribution in [2.45, 2.75) is 15.2 Å². The Morgan fingerprint density at radius 3 is 1.78 bits per heavy atom. The molecule has 0 aromatic heterocycles. The molecule has 3 heteroatoms. The topological polar surface area (TPSA) is 17.1 Å². The zero-order chi connectivity index (χ0) is 27.5. The van der Waals surface area contributed by atoms with Crippen molar-refractivity contribution in [1.82, 2.24) is 0 Å². The van der Waals surface area contributed by atoms with Crippen LogP contribution < -0.4 is 0 Å². The van der Waals surface area contributed by atoms with Crippen molar-refractivity contribution in [2.75, 3.05) is 0 Å². The molecule has 2 unspecified atom stereocenters. The van der Waals surface area contributed by atoms with Gasteiger partial charge < -0.3 is 0 Å². The van der Waals surface area contributed by atoms with E-state index in [1.807, 2.05) is 18.2 Å². The molecule has 6 aromatic rings. The van der Waals surface area contributed by atoms with Crippen molar-refractivity contribution in [3.05, 3.63) is 154 Å². The molecule has 2 atom stereocenters. The third-order valence-electron chi connectivity index (χ3n) is 9.26. The van der Waals surface area contributed by atoms with E-state index < -0.39 is 14.9 Å². The summed E-state index contributed by atoms with van der Waals surface area (Å²) in [5.74, 6) is 4.28. The van der Waals surface area contributed by atoms with Crippen LogP contribution in [-0.4, -0.2) is 10.1 Å². The maximum atomic E-state index is 14.2. The summed E-state index contributed by atoms with van der Waals surface area (Å²) in [4.78, 5) is 1.67. The summed E-state index contributed by atoms with van der Waals surface area (Å²) in [7, 11) is -2.62. The van der Waals surface area contributed by atoms with E-state index in [2.05, 4.69) is 131 Å². The molecule has 0 radical (unpaired) electrons. The van der Waals surface area contributed by atoms with E-state index >= 15 is 0 Å². The lowest BCUT2D eigenvalue weighted by atomic mass is 9.66. The van der Waals surface area contributed by atoms with Gasteiger partial charge in [-0.3, -0.25) is 4.21 Å². The van der Waals surface area contributed by atoms with Gasteiger partial charge in [0.25, 0.3) is 0 Å². The molecule has 2 aliphatic carbocycles. The van der Waals surface area contributed by atoms with Crippen LogP contribution in [0, 0.1) is 0 Å². The number of fused-ring (bicyclic) bond motifs is 16. The molecule has 1 nitrogen and oxygen atoms in total. The molecule has 9 rings (SSSR count). The Labute approximate surface area is 248 Å². The lowest BCUT2D eigenvalue weighted by molar-refractivity contribution is 0.683. The summed E-state index contributed by atoms with van der Waals surface area (Å²) in [5, 5.41) is 0. The van der Waals surface area contributed by atoms with Crippen molar-refractivity contribution in [1.29, 1.82) is 0 Å². The predicted molar refractivity (Wildman–Crippen MR) is 173 cm³/mol. The molecule has 1 aliphatic heterocycles. The second-order valence-corrected chi connectivity index (χ2v) is 14.3. The lowest BCUT2D eigenvalue weighted by Crippen LogP contribution is -2.29. The van der Waals surface area contributed by atoms with E-state index in [0.717, 1.165) is 25.4 Å². The molecule has 0 fully saturated rings. The van der Waals surface area contributed by atoms with Gasteiger partial charge in [-0.1, -0.05) is 119 Å². The van der Waals surface area contributed by atoms with Gasteiger partial charge in [-0.05, 0) is 91.3 Å². The van der Waals surface area contributed by atoms with Crippen LogP contribution in [0.3, 0.4) is 0 Å². The first-order chi connectivity index (χ1) is 20.0.